The highest BCUT2D eigenvalue weighted by Gasteiger charge is 2.26. The maximum atomic E-state index is 11.7. The normalized spacial score (nSPS) is 14.4. The topological polar surface area (TPSA) is 115 Å². The van der Waals surface area contributed by atoms with Gasteiger partial charge in [0.1, 0.15) is 0 Å². The number of primary sulfonamides is 1. The van der Waals surface area contributed by atoms with E-state index in [-0.39, 0.29) is 16.0 Å². The Morgan fingerprint density at radius 3 is 2.70 bits per heavy atom. The van der Waals surface area contributed by atoms with Gasteiger partial charge in [0.2, 0.25) is 10.0 Å². The summed E-state index contributed by atoms with van der Waals surface area (Å²) in [6.07, 6.45) is 0. The fourth-order valence-corrected chi connectivity index (χ4v) is 3.38. The zero-order valence-corrected chi connectivity index (χ0v) is 11.1. The van der Waals surface area contributed by atoms with E-state index in [4.69, 9.17) is 5.14 Å². The molecule has 20 heavy (non-hydrogen) atoms. The van der Waals surface area contributed by atoms with Crippen LogP contribution in [0.5, 0.6) is 0 Å². The van der Waals surface area contributed by atoms with Crippen molar-refractivity contribution in [2.45, 2.75) is 18.0 Å². The Morgan fingerprint density at radius 1 is 1.30 bits per heavy atom. The molecule has 0 spiro atoms. The highest BCUT2D eigenvalue weighted by atomic mass is 32.2. The first kappa shape index (κ1) is 13.0. The highest BCUT2D eigenvalue weighted by Crippen LogP contribution is 2.37. The van der Waals surface area contributed by atoms with Crippen LogP contribution in [0.4, 0.5) is 5.69 Å². The summed E-state index contributed by atoms with van der Waals surface area (Å²) in [7, 11) is -4.03. The third kappa shape index (κ3) is 1.85. The minimum absolute atomic E-state index is 0.0856. The molecule has 3 rings (SSSR count). The first-order valence-corrected chi connectivity index (χ1v) is 7.39. The van der Waals surface area contributed by atoms with E-state index in [1.54, 1.807) is 12.1 Å². The maximum Gasteiger partial charge on any atom is 0.278 e. The van der Waals surface area contributed by atoms with Crippen molar-refractivity contribution in [3.63, 3.8) is 0 Å². The van der Waals surface area contributed by atoms with E-state index >= 15 is 0 Å². The van der Waals surface area contributed by atoms with E-state index in [1.807, 2.05) is 0 Å². The van der Waals surface area contributed by atoms with Crippen molar-refractivity contribution in [2.24, 2.45) is 5.14 Å². The van der Waals surface area contributed by atoms with Crippen molar-refractivity contribution < 1.29 is 13.3 Å². The lowest BCUT2D eigenvalue weighted by Gasteiger charge is -2.09. The molecule has 2 aromatic carbocycles. The predicted octanol–water partition coefficient (Wildman–Crippen LogP) is 0.999. The number of nitro groups is 1. The van der Waals surface area contributed by atoms with Crippen LogP contribution in [0.2, 0.25) is 0 Å². The van der Waals surface area contributed by atoms with Crippen LogP contribution >= 0.6 is 0 Å². The number of rotatable bonds is 2. The van der Waals surface area contributed by atoms with E-state index < -0.39 is 14.9 Å². The Kier molecular flexibility index (Phi) is 2.75. The first-order valence-electron chi connectivity index (χ1n) is 5.85. The van der Waals surface area contributed by atoms with Gasteiger partial charge < -0.3 is 5.32 Å². The average molecular weight is 293 g/mol. The molecule has 0 aromatic heterocycles. The molecule has 0 amide bonds. The molecule has 8 heteroatoms. The third-order valence-corrected chi connectivity index (χ3v) is 4.38. The van der Waals surface area contributed by atoms with E-state index in [2.05, 4.69) is 5.32 Å². The van der Waals surface area contributed by atoms with E-state index in [0.29, 0.717) is 18.5 Å². The van der Waals surface area contributed by atoms with Gasteiger partial charge in [-0.3, -0.25) is 10.1 Å². The smallest absolute Gasteiger partial charge is 0.278 e. The number of hydrogen-bond donors (Lipinski definition) is 2. The Morgan fingerprint density at radius 2 is 2.05 bits per heavy atom. The molecule has 1 aliphatic heterocycles. The third-order valence-electron chi connectivity index (χ3n) is 3.43. The molecular formula is C12H11N3O4S. The van der Waals surface area contributed by atoms with Gasteiger partial charge in [-0.1, -0.05) is 12.1 Å². The summed E-state index contributed by atoms with van der Waals surface area (Å²) >= 11 is 0. The molecule has 0 fully saturated rings. The molecule has 2 aromatic rings. The minimum Gasteiger partial charge on any atom is -0.309 e. The molecule has 104 valence electrons. The summed E-state index contributed by atoms with van der Waals surface area (Å²) in [6, 6.07) is 5.94. The molecule has 0 saturated carbocycles. The van der Waals surface area contributed by atoms with Gasteiger partial charge in [-0.25, -0.2) is 13.6 Å². The molecule has 1 aliphatic rings. The Bertz CT molecular complexity index is 845. The maximum absolute atomic E-state index is 11.7. The van der Waals surface area contributed by atoms with Crippen molar-refractivity contribution in [2.75, 3.05) is 0 Å². The van der Waals surface area contributed by atoms with Crippen LogP contribution < -0.4 is 10.5 Å². The second kappa shape index (κ2) is 4.23. The van der Waals surface area contributed by atoms with Crippen molar-refractivity contribution in [1.29, 1.82) is 0 Å². The summed E-state index contributed by atoms with van der Waals surface area (Å²) in [5, 5.41) is 20.2. The van der Waals surface area contributed by atoms with Gasteiger partial charge in [-0.05, 0) is 22.6 Å². The molecule has 1 heterocycles. The molecule has 0 saturated heterocycles. The van der Waals surface area contributed by atoms with Gasteiger partial charge in [-0.2, -0.15) is 0 Å². The molecular weight excluding hydrogens is 282 g/mol. The number of nitrogens with one attached hydrogen (secondary N) is 1. The fraction of sp³-hybridized carbons (Fsp3) is 0.167. The molecule has 0 bridgehead atoms. The van der Waals surface area contributed by atoms with Crippen LogP contribution in [0.15, 0.2) is 29.2 Å². The van der Waals surface area contributed by atoms with Crippen molar-refractivity contribution in [3.8, 4) is 0 Å². The summed E-state index contributed by atoms with van der Waals surface area (Å²) < 4.78 is 23.3. The first-order chi connectivity index (χ1) is 9.39. The fourth-order valence-electron chi connectivity index (χ4n) is 2.61. The second-order valence-electron chi connectivity index (χ2n) is 4.62. The van der Waals surface area contributed by atoms with Gasteiger partial charge in [0, 0.05) is 19.2 Å². The number of benzene rings is 2. The van der Waals surface area contributed by atoms with Gasteiger partial charge in [0.05, 0.1) is 15.2 Å². The van der Waals surface area contributed by atoms with E-state index in [1.165, 1.54) is 12.1 Å². The molecule has 0 atom stereocenters. The van der Waals surface area contributed by atoms with E-state index in [9.17, 15) is 18.5 Å². The lowest BCUT2D eigenvalue weighted by atomic mass is 9.99. The predicted molar refractivity (Wildman–Crippen MR) is 72.5 cm³/mol. The Balaban J connectivity index is 2.55. The van der Waals surface area contributed by atoms with Gasteiger partial charge in [0.15, 0.2) is 0 Å². The molecule has 0 unspecified atom stereocenters. The standard InChI is InChI=1S/C12H11N3O4S/c13-20(18,19)11-3-1-2-8-9-6-14-5-7(9)4-10(12(8)11)15(16)17/h1-4,14H,5-6H2,(H2,13,18,19). The number of sulfonamides is 1. The van der Waals surface area contributed by atoms with Crippen LogP contribution in [-0.4, -0.2) is 13.3 Å². The lowest BCUT2D eigenvalue weighted by Crippen LogP contribution is -2.13. The van der Waals surface area contributed by atoms with Crippen LogP contribution in [0, 0.1) is 10.1 Å². The minimum atomic E-state index is -4.03. The number of nitrogens with two attached hydrogens (primary N) is 1. The van der Waals surface area contributed by atoms with Gasteiger partial charge >= 0.3 is 0 Å². The number of hydrogen-bond acceptors (Lipinski definition) is 5. The largest absolute Gasteiger partial charge is 0.309 e. The lowest BCUT2D eigenvalue weighted by molar-refractivity contribution is -0.383. The molecule has 0 aliphatic carbocycles. The highest BCUT2D eigenvalue weighted by molar-refractivity contribution is 7.89. The summed E-state index contributed by atoms with van der Waals surface area (Å²) in [5.74, 6) is 0. The number of nitrogens with zero attached hydrogens (tertiary/aromatic N) is 1. The van der Waals surface area contributed by atoms with Gasteiger partial charge in [-0.15, -0.1) is 0 Å². The van der Waals surface area contributed by atoms with Crippen molar-refractivity contribution in [1.82, 2.24) is 5.32 Å². The molecule has 0 radical (unpaired) electrons. The zero-order chi connectivity index (χ0) is 14.5. The number of nitro benzene ring substituents is 1. The van der Waals surface area contributed by atoms with E-state index in [0.717, 1.165) is 11.1 Å². The van der Waals surface area contributed by atoms with Crippen LogP contribution in [0.1, 0.15) is 11.1 Å². The second-order valence-corrected chi connectivity index (χ2v) is 6.15. The average Bonchev–Trinajstić information content (AvgIpc) is 2.84. The quantitative estimate of drug-likeness (QED) is 0.633. The summed E-state index contributed by atoms with van der Waals surface area (Å²) in [4.78, 5) is 10.5. The molecule has 7 nitrogen and oxygen atoms in total. The van der Waals surface area contributed by atoms with Crippen molar-refractivity contribution >= 4 is 26.5 Å². The number of fused-ring (bicyclic) bond motifs is 3. The SMILES string of the molecule is NS(=O)(=O)c1cccc2c3c(cc([N+](=O)[O-])c12)CNC3. The zero-order valence-electron chi connectivity index (χ0n) is 10.3. The van der Waals surface area contributed by atoms with Crippen LogP contribution in [-0.2, 0) is 23.1 Å². The summed E-state index contributed by atoms with van der Waals surface area (Å²) in [5.41, 5.74) is 1.47. The Hall–Kier alpha value is -2.03. The van der Waals surface area contributed by atoms with Gasteiger partial charge in [0.25, 0.3) is 5.69 Å². The van der Waals surface area contributed by atoms with Crippen LogP contribution in [0.3, 0.4) is 0 Å². The van der Waals surface area contributed by atoms with Crippen LogP contribution in [0.25, 0.3) is 10.8 Å². The summed E-state index contributed by atoms with van der Waals surface area (Å²) in [6.45, 7) is 1.09. The Labute approximate surface area is 114 Å². The monoisotopic (exact) mass is 293 g/mol. The number of non-ortho nitro benzene ring substituents is 1. The molecule has 3 N–H and O–H groups in total. The van der Waals surface area contributed by atoms with Crippen molar-refractivity contribution in [3.05, 3.63) is 45.5 Å².